The van der Waals surface area contributed by atoms with Crippen LogP contribution >= 0.6 is 0 Å². The highest BCUT2D eigenvalue weighted by Crippen LogP contribution is 2.29. The van der Waals surface area contributed by atoms with Crippen molar-refractivity contribution in [1.29, 1.82) is 0 Å². The van der Waals surface area contributed by atoms with Gasteiger partial charge >= 0.3 is 0 Å². The molecule has 0 aromatic heterocycles. The molecular weight excluding hydrogens is 200 g/mol. The number of carbonyl (C=O) groups excluding carboxylic acids is 1. The molecule has 1 fully saturated rings. The van der Waals surface area contributed by atoms with Crippen molar-refractivity contribution < 1.29 is 9.53 Å². The summed E-state index contributed by atoms with van der Waals surface area (Å²) in [5.74, 6) is 0.838. The number of hydrogen-bond acceptors (Lipinski definition) is 2. The van der Waals surface area contributed by atoms with Crippen molar-refractivity contribution >= 4 is 12.4 Å². The van der Waals surface area contributed by atoms with Crippen LogP contribution in [0.3, 0.4) is 0 Å². The first kappa shape index (κ1) is 10.9. The molecule has 0 N–H and O–H groups in total. The van der Waals surface area contributed by atoms with E-state index in [0.29, 0.717) is 5.56 Å². The number of ether oxygens (including phenoxy) is 1. The molecule has 1 aromatic rings. The summed E-state index contributed by atoms with van der Waals surface area (Å²) >= 11 is 0. The maximum Gasteiger partial charge on any atom is 0.150 e. The Morgan fingerprint density at radius 1 is 1.25 bits per heavy atom. The van der Waals surface area contributed by atoms with Crippen LogP contribution in [0.1, 0.15) is 41.6 Å². The molecule has 84 valence electrons. The van der Waals surface area contributed by atoms with Crippen LogP contribution < -0.4 is 4.74 Å². The van der Waals surface area contributed by atoms with Crippen LogP contribution in [0, 0.1) is 0 Å². The van der Waals surface area contributed by atoms with Crippen molar-refractivity contribution in [3.8, 4) is 5.75 Å². The third-order valence-electron chi connectivity index (χ3n) is 3.00. The van der Waals surface area contributed by atoms with Crippen molar-refractivity contribution in [2.24, 2.45) is 0 Å². The van der Waals surface area contributed by atoms with Crippen molar-refractivity contribution in [2.75, 3.05) is 7.11 Å². The van der Waals surface area contributed by atoms with Gasteiger partial charge in [-0.05, 0) is 43.9 Å². The Labute approximate surface area is 95.9 Å². The molecule has 0 radical (unpaired) electrons. The maximum absolute atomic E-state index is 10.7. The van der Waals surface area contributed by atoms with Crippen LogP contribution in [0.25, 0.3) is 6.08 Å². The average molecular weight is 216 g/mol. The van der Waals surface area contributed by atoms with Gasteiger partial charge in [0.25, 0.3) is 0 Å². The zero-order valence-electron chi connectivity index (χ0n) is 9.53. The van der Waals surface area contributed by atoms with Crippen LogP contribution in [0.2, 0.25) is 0 Å². The molecule has 0 saturated heterocycles. The lowest BCUT2D eigenvalue weighted by Gasteiger charge is -2.06. The summed E-state index contributed by atoms with van der Waals surface area (Å²) in [6.07, 6.45) is 7.95. The van der Waals surface area contributed by atoms with Crippen LogP contribution in [0.5, 0.6) is 5.75 Å². The Bertz CT molecular complexity index is 411. The van der Waals surface area contributed by atoms with E-state index >= 15 is 0 Å². The fraction of sp³-hybridized carbons (Fsp3) is 0.357. The zero-order valence-corrected chi connectivity index (χ0v) is 9.53. The van der Waals surface area contributed by atoms with Gasteiger partial charge in [-0.1, -0.05) is 11.6 Å². The molecular formula is C14H16O2. The van der Waals surface area contributed by atoms with E-state index in [2.05, 4.69) is 6.08 Å². The highest BCUT2D eigenvalue weighted by Gasteiger charge is 2.08. The summed E-state index contributed by atoms with van der Waals surface area (Å²) in [5.41, 5.74) is 3.18. The van der Waals surface area contributed by atoms with Gasteiger partial charge in [0.1, 0.15) is 12.0 Å². The smallest absolute Gasteiger partial charge is 0.150 e. The zero-order chi connectivity index (χ0) is 11.4. The quantitative estimate of drug-likeness (QED) is 0.723. The molecule has 1 saturated carbocycles. The summed E-state index contributed by atoms with van der Waals surface area (Å²) in [6, 6.07) is 5.52. The van der Waals surface area contributed by atoms with E-state index in [0.717, 1.165) is 17.6 Å². The van der Waals surface area contributed by atoms with E-state index in [4.69, 9.17) is 4.74 Å². The number of allylic oxidation sites excluding steroid dienone is 1. The Morgan fingerprint density at radius 3 is 2.62 bits per heavy atom. The number of rotatable bonds is 3. The Balaban J connectivity index is 2.36. The third kappa shape index (κ3) is 2.32. The van der Waals surface area contributed by atoms with Gasteiger partial charge in [0.15, 0.2) is 0 Å². The molecule has 0 amide bonds. The van der Waals surface area contributed by atoms with Gasteiger partial charge in [-0.2, -0.15) is 0 Å². The molecule has 0 aliphatic heterocycles. The summed E-state index contributed by atoms with van der Waals surface area (Å²) in [7, 11) is 1.66. The topological polar surface area (TPSA) is 26.3 Å². The fourth-order valence-electron chi connectivity index (χ4n) is 2.13. The normalized spacial score (nSPS) is 14.9. The molecule has 0 heterocycles. The molecule has 0 spiro atoms. The van der Waals surface area contributed by atoms with E-state index in [1.165, 1.54) is 31.3 Å². The maximum atomic E-state index is 10.7. The minimum Gasteiger partial charge on any atom is -0.496 e. The summed E-state index contributed by atoms with van der Waals surface area (Å²) in [6.45, 7) is 0. The van der Waals surface area contributed by atoms with Crippen molar-refractivity contribution in [2.45, 2.75) is 25.7 Å². The van der Waals surface area contributed by atoms with Crippen LogP contribution in [0.4, 0.5) is 0 Å². The second-order valence-electron chi connectivity index (χ2n) is 4.13. The van der Waals surface area contributed by atoms with Gasteiger partial charge < -0.3 is 4.74 Å². The minimum absolute atomic E-state index is 0.700. The van der Waals surface area contributed by atoms with E-state index < -0.39 is 0 Å². The Hall–Kier alpha value is -1.57. The lowest BCUT2D eigenvalue weighted by molar-refractivity contribution is 0.112. The first-order valence-electron chi connectivity index (χ1n) is 5.66. The van der Waals surface area contributed by atoms with E-state index in [-0.39, 0.29) is 0 Å². The second-order valence-corrected chi connectivity index (χ2v) is 4.13. The van der Waals surface area contributed by atoms with Crippen molar-refractivity contribution in [3.63, 3.8) is 0 Å². The second kappa shape index (κ2) is 4.97. The van der Waals surface area contributed by atoms with Gasteiger partial charge in [-0.3, -0.25) is 4.79 Å². The molecule has 0 bridgehead atoms. The average Bonchev–Trinajstić information content (AvgIpc) is 2.82. The SMILES string of the molecule is COc1ccc(C=O)cc1C=C1CCCC1. The van der Waals surface area contributed by atoms with Crippen LogP contribution in [-0.2, 0) is 0 Å². The Kier molecular flexibility index (Phi) is 3.40. The van der Waals surface area contributed by atoms with Crippen LogP contribution in [0.15, 0.2) is 23.8 Å². The number of benzene rings is 1. The number of hydrogen-bond donors (Lipinski definition) is 0. The van der Waals surface area contributed by atoms with Crippen molar-refractivity contribution in [1.82, 2.24) is 0 Å². The Morgan fingerprint density at radius 2 is 2.00 bits per heavy atom. The monoisotopic (exact) mass is 216 g/mol. The van der Waals surface area contributed by atoms with Gasteiger partial charge in [-0.15, -0.1) is 0 Å². The fourth-order valence-corrected chi connectivity index (χ4v) is 2.13. The number of carbonyl (C=O) groups is 1. The first-order chi connectivity index (χ1) is 7.83. The van der Waals surface area contributed by atoms with Gasteiger partial charge in [0.05, 0.1) is 7.11 Å². The van der Waals surface area contributed by atoms with E-state index in [1.807, 2.05) is 12.1 Å². The lowest BCUT2D eigenvalue weighted by atomic mass is 10.1. The molecule has 2 heteroatoms. The lowest BCUT2D eigenvalue weighted by Crippen LogP contribution is -1.90. The molecule has 2 rings (SSSR count). The molecule has 1 aliphatic carbocycles. The van der Waals surface area contributed by atoms with E-state index in [9.17, 15) is 4.79 Å². The first-order valence-corrected chi connectivity index (χ1v) is 5.66. The molecule has 1 aromatic carbocycles. The van der Waals surface area contributed by atoms with Gasteiger partial charge in [0, 0.05) is 11.1 Å². The predicted octanol–water partition coefficient (Wildman–Crippen LogP) is 3.47. The van der Waals surface area contributed by atoms with Gasteiger partial charge in [0.2, 0.25) is 0 Å². The molecule has 0 unspecified atom stereocenters. The molecule has 16 heavy (non-hydrogen) atoms. The summed E-state index contributed by atoms with van der Waals surface area (Å²) in [5, 5.41) is 0. The van der Waals surface area contributed by atoms with Crippen molar-refractivity contribution in [3.05, 3.63) is 34.9 Å². The molecule has 1 aliphatic rings. The highest BCUT2D eigenvalue weighted by atomic mass is 16.5. The van der Waals surface area contributed by atoms with E-state index in [1.54, 1.807) is 13.2 Å². The number of aldehydes is 1. The largest absolute Gasteiger partial charge is 0.496 e. The van der Waals surface area contributed by atoms with Gasteiger partial charge in [-0.25, -0.2) is 0 Å². The highest BCUT2D eigenvalue weighted by molar-refractivity contribution is 5.78. The number of methoxy groups -OCH3 is 1. The standard InChI is InChI=1S/C14H16O2/c1-16-14-7-6-12(10-15)9-13(14)8-11-4-2-3-5-11/h6-10H,2-5H2,1H3. The minimum atomic E-state index is 0.700. The summed E-state index contributed by atoms with van der Waals surface area (Å²) < 4.78 is 5.29. The predicted molar refractivity (Wildman–Crippen MR) is 64.8 cm³/mol. The van der Waals surface area contributed by atoms with Crippen LogP contribution in [-0.4, -0.2) is 13.4 Å². The molecule has 0 atom stereocenters. The third-order valence-corrected chi connectivity index (χ3v) is 3.00. The molecule has 2 nitrogen and oxygen atoms in total. The summed E-state index contributed by atoms with van der Waals surface area (Å²) in [4.78, 5) is 10.7.